The molecule has 7 rings (SSSR count). The van der Waals surface area contributed by atoms with Crippen LogP contribution in [0.5, 0.6) is 0 Å². The Morgan fingerprint density at radius 3 is 2.12 bits per heavy atom. The van der Waals surface area contributed by atoms with E-state index in [0.29, 0.717) is 12.8 Å². The van der Waals surface area contributed by atoms with Crippen molar-refractivity contribution in [2.45, 2.75) is 156 Å². The zero-order chi connectivity index (χ0) is 42.6. The second-order valence-corrected chi connectivity index (χ2v) is 18.0. The largest absolute Gasteiger partial charge is 0.394 e. The molecule has 0 aromatic rings. The molecule has 0 unspecified atom stereocenters. The van der Waals surface area contributed by atoms with Gasteiger partial charge >= 0.3 is 0 Å². The van der Waals surface area contributed by atoms with Gasteiger partial charge in [-0.2, -0.15) is 0 Å². The lowest BCUT2D eigenvalue weighted by Crippen LogP contribution is -2.68. The van der Waals surface area contributed by atoms with Crippen LogP contribution < -0.4 is 28.7 Å². The van der Waals surface area contributed by atoms with Gasteiger partial charge in [-0.1, -0.05) is 25.5 Å². The van der Waals surface area contributed by atoms with Gasteiger partial charge in [-0.05, 0) is 68.9 Å². The first-order chi connectivity index (χ1) is 27.3. The Labute approximate surface area is 337 Å². The van der Waals surface area contributed by atoms with Crippen LogP contribution in [-0.4, -0.2) is 169 Å². The summed E-state index contributed by atoms with van der Waals surface area (Å²) in [6.45, 7) is 2.84. The van der Waals surface area contributed by atoms with Crippen LogP contribution in [0.15, 0.2) is 23.8 Å². The molecule has 0 aromatic carbocycles. The Morgan fingerprint density at radius 1 is 0.862 bits per heavy atom. The van der Waals surface area contributed by atoms with Gasteiger partial charge in [0.1, 0.15) is 48.8 Å². The SMILES string of the molecule is C[C@]12C=CC(=O)C=C1CC[C@@H]1[C@@H]2[C@@H](O)C[C@@]2(C)[C@H]1CC[C@]2(O)C(=O)CO.NC[C@H]1O[C@H](O[C@H]2[C@H](O)[C@@H](O[C@H]3O[C@H](CO)[C@@H](O)[C@H](N)[C@H]3O)[C@H](N)C[C@@H]2N)[C@H](N)C[C@@H]1O. The van der Waals surface area contributed by atoms with Gasteiger partial charge in [0, 0.05) is 35.4 Å². The summed E-state index contributed by atoms with van der Waals surface area (Å²) in [4.78, 5) is 24.2. The van der Waals surface area contributed by atoms with E-state index in [4.69, 9.17) is 47.6 Å². The Balaban J connectivity index is 0.000000199. The molecular formula is C39H65N5O14. The van der Waals surface area contributed by atoms with Crippen molar-refractivity contribution in [1.82, 2.24) is 0 Å². The molecule has 0 bridgehead atoms. The molecule has 0 radical (unpaired) electrons. The lowest BCUT2D eigenvalue weighted by molar-refractivity contribution is -0.314. The molecule has 0 spiro atoms. The van der Waals surface area contributed by atoms with Crippen molar-refractivity contribution in [1.29, 1.82) is 0 Å². The van der Waals surface area contributed by atoms with Crippen LogP contribution in [0.2, 0.25) is 0 Å². The Bertz CT molecular complexity index is 1560. The van der Waals surface area contributed by atoms with E-state index in [-0.39, 0.29) is 48.3 Å². The predicted molar refractivity (Wildman–Crippen MR) is 203 cm³/mol. The zero-order valence-electron chi connectivity index (χ0n) is 33.1. The molecule has 330 valence electrons. The number of hydrogen-bond acceptors (Lipinski definition) is 19. The van der Waals surface area contributed by atoms with E-state index >= 15 is 0 Å². The van der Waals surface area contributed by atoms with Crippen LogP contribution in [0.3, 0.4) is 0 Å². The highest BCUT2D eigenvalue weighted by Gasteiger charge is 2.68. The predicted octanol–water partition coefficient (Wildman–Crippen LogP) is -4.74. The lowest BCUT2D eigenvalue weighted by atomic mass is 9.46. The highest BCUT2D eigenvalue weighted by molar-refractivity contribution is 6.01. The number of Topliss-reactive ketones (excluding diaryl/α,β-unsaturated/α-hetero) is 1. The standard InChI is InChI=1S/C21H28O5.C18H37N5O9/c1-19-7-5-13(23)9-12(19)3-4-14-15-6-8-21(26,17(25)11-22)20(15,2)10-16(24)18(14)19;19-3-9-8(25)2-7(22)17(29-9)31-15-5(20)1-6(21)16(14(15)28)32-18-13(27)11(23)12(26)10(4-24)30-18/h5,7,9,14-16,18,22,24,26H,3-4,6,8,10-11H2,1-2H3;5-18,24-28H,1-4,19-23H2/t14-,15-,16-,18+,19-,20-,21-;5-,6+,7+,8-,9+,10+,11-,12+,13+,14-,15+,16-,17+,18+/m00/s1. The number of rotatable bonds is 8. The number of carbonyl (C=O) groups excluding carboxylic acids is 2. The summed E-state index contributed by atoms with van der Waals surface area (Å²) >= 11 is 0. The van der Waals surface area contributed by atoms with Crippen molar-refractivity contribution < 1.29 is 69.4 Å². The van der Waals surface area contributed by atoms with E-state index < -0.39 is 122 Å². The third-order valence-corrected chi connectivity index (χ3v) is 14.7. The average molecular weight is 828 g/mol. The molecule has 21 atom stereocenters. The summed E-state index contributed by atoms with van der Waals surface area (Å²) in [5.74, 6) is -0.227. The molecule has 19 nitrogen and oxygen atoms in total. The molecule has 19 heteroatoms. The third kappa shape index (κ3) is 7.90. The zero-order valence-corrected chi connectivity index (χ0v) is 33.1. The van der Waals surface area contributed by atoms with Crippen LogP contribution >= 0.6 is 0 Å². The van der Waals surface area contributed by atoms with E-state index in [1.165, 1.54) is 0 Å². The van der Waals surface area contributed by atoms with Gasteiger partial charge in [-0.3, -0.25) is 9.59 Å². The monoisotopic (exact) mass is 827 g/mol. The summed E-state index contributed by atoms with van der Waals surface area (Å²) in [6.07, 6.45) is -3.08. The van der Waals surface area contributed by atoms with E-state index in [9.17, 15) is 50.4 Å². The van der Waals surface area contributed by atoms with Crippen molar-refractivity contribution in [2.24, 2.45) is 57.3 Å². The molecule has 4 saturated carbocycles. The number of ether oxygens (including phenoxy) is 4. The van der Waals surface area contributed by atoms with E-state index in [0.717, 1.165) is 24.8 Å². The lowest BCUT2D eigenvalue weighted by Gasteiger charge is -2.59. The second-order valence-electron chi connectivity index (χ2n) is 18.0. The van der Waals surface area contributed by atoms with Crippen LogP contribution in [-0.2, 0) is 28.5 Å². The normalized spacial score (nSPS) is 51.4. The molecule has 2 saturated heterocycles. The minimum atomic E-state index is -1.56. The molecule has 5 aliphatic carbocycles. The smallest absolute Gasteiger partial charge is 0.190 e. The molecule has 6 fully saturated rings. The molecule has 2 heterocycles. The third-order valence-electron chi connectivity index (χ3n) is 14.7. The van der Waals surface area contributed by atoms with Crippen molar-refractivity contribution in [3.63, 3.8) is 0 Å². The summed E-state index contributed by atoms with van der Waals surface area (Å²) in [7, 11) is 0. The molecule has 58 heavy (non-hydrogen) atoms. The summed E-state index contributed by atoms with van der Waals surface area (Å²) in [5, 5.41) is 82.4. The molecule has 7 aliphatic rings. The average Bonchev–Trinajstić information content (AvgIpc) is 3.45. The first kappa shape index (κ1) is 45.7. The number of carbonyl (C=O) groups is 2. The van der Waals surface area contributed by atoms with E-state index in [2.05, 4.69) is 6.92 Å². The Hall–Kier alpha value is -1.86. The van der Waals surface area contributed by atoms with E-state index in [1.807, 2.05) is 13.0 Å². The van der Waals surface area contributed by atoms with Gasteiger partial charge in [0.2, 0.25) is 0 Å². The topological polar surface area (TPSA) is 363 Å². The maximum atomic E-state index is 12.4. The van der Waals surface area contributed by atoms with E-state index in [1.54, 1.807) is 12.2 Å². The number of aliphatic hydroxyl groups is 8. The van der Waals surface area contributed by atoms with Gasteiger partial charge in [-0.15, -0.1) is 0 Å². The first-order valence-corrected chi connectivity index (χ1v) is 20.4. The fraction of sp³-hybridized carbons (Fsp3) is 0.846. The Morgan fingerprint density at radius 2 is 1.50 bits per heavy atom. The number of allylic oxidation sites excluding steroid dienone is 4. The summed E-state index contributed by atoms with van der Waals surface area (Å²) in [5.41, 5.74) is 28.2. The van der Waals surface area contributed by atoms with Crippen LogP contribution in [0.25, 0.3) is 0 Å². The number of hydrogen-bond donors (Lipinski definition) is 13. The van der Waals surface area contributed by atoms with Crippen molar-refractivity contribution in [2.75, 3.05) is 19.8 Å². The van der Waals surface area contributed by atoms with Crippen LogP contribution in [0.1, 0.15) is 58.8 Å². The Kier molecular flexibility index (Phi) is 13.8. The second kappa shape index (κ2) is 17.5. The fourth-order valence-electron chi connectivity index (χ4n) is 11.3. The summed E-state index contributed by atoms with van der Waals surface area (Å²) in [6, 6.07) is -3.27. The van der Waals surface area contributed by atoms with Crippen molar-refractivity contribution in [3.8, 4) is 0 Å². The highest BCUT2D eigenvalue weighted by atomic mass is 16.7. The molecule has 18 N–H and O–H groups in total. The minimum absolute atomic E-state index is 0.00912. The number of ketones is 2. The minimum Gasteiger partial charge on any atom is -0.394 e. The van der Waals surface area contributed by atoms with Gasteiger partial charge in [0.15, 0.2) is 24.1 Å². The number of aliphatic hydroxyl groups excluding tert-OH is 7. The van der Waals surface area contributed by atoms with Gasteiger partial charge in [0.05, 0.1) is 37.0 Å². The van der Waals surface area contributed by atoms with Crippen LogP contribution in [0, 0.1) is 28.6 Å². The summed E-state index contributed by atoms with van der Waals surface area (Å²) < 4.78 is 22.7. The highest BCUT2D eigenvalue weighted by Crippen LogP contribution is 2.67. The number of nitrogens with two attached hydrogens (primary N) is 5. The molecule has 2 aliphatic heterocycles. The molecule has 0 amide bonds. The van der Waals surface area contributed by atoms with Crippen molar-refractivity contribution in [3.05, 3.63) is 23.8 Å². The van der Waals surface area contributed by atoms with Gasteiger partial charge in [0.25, 0.3) is 0 Å². The van der Waals surface area contributed by atoms with Crippen molar-refractivity contribution >= 4 is 11.6 Å². The van der Waals surface area contributed by atoms with Gasteiger partial charge < -0.3 is 88.5 Å². The number of fused-ring (bicyclic) bond motifs is 5. The maximum Gasteiger partial charge on any atom is 0.190 e. The molecule has 0 aromatic heterocycles. The fourth-order valence-corrected chi connectivity index (χ4v) is 11.3. The quantitative estimate of drug-likeness (QED) is 0.109. The maximum absolute atomic E-state index is 12.4. The molecular weight excluding hydrogens is 762 g/mol. The first-order valence-electron chi connectivity index (χ1n) is 20.4. The van der Waals surface area contributed by atoms with Gasteiger partial charge in [-0.25, -0.2) is 0 Å². The van der Waals surface area contributed by atoms with Crippen LogP contribution in [0.4, 0.5) is 0 Å².